The summed E-state index contributed by atoms with van der Waals surface area (Å²) in [5.41, 5.74) is 2.12. The molecule has 0 saturated heterocycles. The van der Waals surface area contributed by atoms with Crippen molar-refractivity contribution in [3.63, 3.8) is 0 Å². The van der Waals surface area contributed by atoms with Crippen molar-refractivity contribution < 1.29 is 9.53 Å². The van der Waals surface area contributed by atoms with Crippen molar-refractivity contribution in [3.05, 3.63) is 23.8 Å². The Balaban J connectivity index is 2.30. The summed E-state index contributed by atoms with van der Waals surface area (Å²) >= 11 is 0. The third-order valence-corrected chi connectivity index (χ3v) is 2.09. The Kier molecular flexibility index (Phi) is 2.31. The van der Waals surface area contributed by atoms with Gasteiger partial charge >= 0.3 is 5.97 Å². The molecule has 0 radical (unpaired) electrons. The Bertz CT molecular complexity index is 396. The fourth-order valence-corrected chi connectivity index (χ4v) is 1.50. The van der Waals surface area contributed by atoms with Crippen molar-refractivity contribution in [2.45, 2.75) is 19.8 Å². The smallest absolute Gasteiger partial charge is 0.308 e. The van der Waals surface area contributed by atoms with Crippen molar-refractivity contribution in [3.8, 4) is 5.75 Å². The van der Waals surface area contributed by atoms with Crippen LogP contribution in [-0.2, 0) is 11.2 Å². The van der Waals surface area contributed by atoms with E-state index < -0.39 is 0 Å². The fourth-order valence-electron chi connectivity index (χ4n) is 1.50. The zero-order valence-corrected chi connectivity index (χ0v) is 7.99. The summed E-state index contributed by atoms with van der Waals surface area (Å²) in [5.74, 6) is 0.317. The maximum Gasteiger partial charge on any atom is 0.308 e. The fraction of sp³-hybridized carbons (Fsp3) is 0.273. The molecule has 0 N–H and O–H groups in total. The monoisotopic (exact) mass is 189 g/mol. The lowest BCUT2D eigenvalue weighted by Crippen LogP contribution is -2.02. The number of ether oxygens (including phenoxy) is 1. The molecule has 0 aromatic heterocycles. The molecule has 3 nitrogen and oxygen atoms in total. The summed E-state index contributed by atoms with van der Waals surface area (Å²) in [6, 6.07) is 5.53. The van der Waals surface area contributed by atoms with Crippen LogP contribution in [0.2, 0.25) is 0 Å². The van der Waals surface area contributed by atoms with Crippen LogP contribution in [0.5, 0.6) is 5.75 Å². The van der Waals surface area contributed by atoms with Gasteiger partial charge in [-0.05, 0) is 36.6 Å². The van der Waals surface area contributed by atoms with Gasteiger partial charge in [-0.15, -0.1) is 0 Å². The normalized spacial score (nSPS) is 13.5. The van der Waals surface area contributed by atoms with Crippen LogP contribution in [0.25, 0.3) is 0 Å². The van der Waals surface area contributed by atoms with Crippen LogP contribution < -0.4 is 4.74 Å². The minimum Gasteiger partial charge on any atom is -0.427 e. The summed E-state index contributed by atoms with van der Waals surface area (Å²) < 4.78 is 4.99. The summed E-state index contributed by atoms with van der Waals surface area (Å²) in [7, 11) is 0. The van der Waals surface area contributed by atoms with Crippen LogP contribution in [0.3, 0.4) is 0 Å². The molecule has 1 aromatic rings. The first kappa shape index (κ1) is 8.94. The van der Waals surface area contributed by atoms with Crippen LogP contribution in [0.4, 0.5) is 5.69 Å². The van der Waals surface area contributed by atoms with Gasteiger partial charge in [-0.25, -0.2) is 0 Å². The number of nitrogens with zero attached hydrogens (tertiary/aromatic N) is 1. The van der Waals surface area contributed by atoms with Crippen LogP contribution in [0.1, 0.15) is 18.9 Å². The Morgan fingerprint density at radius 3 is 3.14 bits per heavy atom. The van der Waals surface area contributed by atoms with Gasteiger partial charge in [0.15, 0.2) is 0 Å². The number of fused-ring (bicyclic) bond motifs is 1. The molecule has 72 valence electrons. The number of esters is 1. The lowest BCUT2D eigenvalue weighted by atomic mass is 10.1. The van der Waals surface area contributed by atoms with Gasteiger partial charge in [0, 0.05) is 13.1 Å². The largest absolute Gasteiger partial charge is 0.427 e. The number of benzene rings is 1. The van der Waals surface area contributed by atoms with Crippen LogP contribution in [0.15, 0.2) is 23.2 Å². The first-order valence-electron chi connectivity index (χ1n) is 4.59. The second-order valence-corrected chi connectivity index (χ2v) is 3.23. The highest BCUT2D eigenvalue weighted by Gasteiger charge is 2.07. The standard InChI is InChI=1S/C11H11NO2/c1-8(13)14-10-4-5-11-9(7-10)3-2-6-12-11/h4-7H,2-3H2,1H3. The molecule has 0 unspecified atom stereocenters. The minimum absolute atomic E-state index is 0.288. The predicted molar refractivity (Wildman–Crippen MR) is 54.2 cm³/mol. The molecule has 1 aliphatic rings. The van der Waals surface area contributed by atoms with Gasteiger partial charge in [0.05, 0.1) is 5.69 Å². The van der Waals surface area contributed by atoms with E-state index in [9.17, 15) is 4.79 Å². The second-order valence-electron chi connectivity index (χ2n) is 3.23. The van der Waals surface area contributed by atoms with E-state index in [-0.39, 0.29) is 5.97 Å². The van der Waals surface area contributed by atoms with Gasteiger partial charge in [0.1, 0.15) is 5.75 Å². The van der Waals surface area contributed by atoms with Crippen LogP contribution in [-0.4, -0.2) is 12.2 Å². The zero-order valence-electron chi connectivity index (χ0n) is 7.99. The van der Waals surface area contributed by atoms with E-state index in [2.05, 4.69) is 4.99 Å². The maximum atomic E-state index is 10.7. The van der Waals surface area contributed by atoms with E-state index in [0.717, 1.165) is 24.1 Å². The SMILES string of the molecule is CC(=O)Oc1ccc2c(c1)CCC=N2. The van der Waals surface area contributed by atoms with E-state index in [1.54, 1.807) is 6.07 Å². The summed E-state index contributed by atoms with van der Waals surface area (Å²) in [5, 5.41) is 0. The molecule has 0 spiro atoms. The number of hydrogen-bond donors (Lipinski definition) is 0. The van der Waals surface area contributed by atoms with E-state index in [0.29, 0.717) is 5.75 Å². The van der Waals surface area contributed by atoms with E-state index >= 15 is 0 Å². The molecular weight excluding hydrogens is 178 g/mol. The lowest BCUT2D eigenvalue weighted by molar-refractivity contribution is -0.131. The molecule has 0 fully saturated rings. The molecule has 0 atom stereocenters. The minimum atomic E-state index is -0.288. The van der Waals surface area contributed by atoms with Crippen molar-refractivity contribution in [1.29, 1.82) is 0 Å². The van der Waals surface area contributed by atoms with Gasteiger partial charge in [0.2, 0.25) is 0 Å². The van der Waals surface area contributed by atoms with Gasteiger partial charge in [0.25, 0.3) is 0 Å². The topological polar surface area (TPSA) is 38.7 Å². The van der Waals surface area contributed by atoms with Gasteiger partial charge in [-0.3, -0.25) is 9.79 Å². The molecule has 3 heteroatoms. The number of rotatable bonds is 1. The third kappa shape index (κ3) is 1.82. The average Bonchev–Trinajstić information content (AvgIpc) is 2.17. The average molecular weight is 189 g/mol. The highest BCUT2D eigenvalue weighted by molar-refractivity contribution is 5.72. The molecule has 0 aliphatic carbocycles. The van der Waals surface area contributed by atoms with Crippen LogP contribution in [0, 0.1) is 0 Å². The van der Waals surface area contributed by atoms with Gasteiger partial charge in [-0.1, -0.05) is 0 Å². The quantitative estimate of drug-likeness (QED) is 0.502. The highest BCUT2D eigenvalue weighted by Crippen LogP contribution is 2.27. The molecule has 2 rings (SSSR count). The van der Waals surface area contributed by atoms with Gasteiger partial charge < -0.3 is 4.74 Å². The maximum absolute atomic E-state index is 10.7. The number of carbonyl (C=O) groups is 1. The van der Waals surface area contributed by atoms with Crippen molar-refractivity contribution in [2.75, 3.05) is 0 Å². The molecule has 1 heterocycles. The van der Waals surface area contributed by atoms with E-state index in [1.165, 1.54) is 6.92 Å². The number of aryl methyl sites for hydroxylation is 1. The number of hydrogen-bond acceptors (Lipinski definition) is 3. The van der Waals surface area contributed by atoms with Crippen molar-refractivity contribution in [1.82, 2.24) is 0 Å². The van der Waals surface area contributed by atoms with Crippen molar-refractivity contribution in [2.24, 2.45) is 4.99 Å². The molecule has 1 aromatic carbocycles. The summed E-state index contributed by atoms with van der Waals surface area (Å²) in [4.78, 5) is 15.0. The first-order chi connectivity index (χ1) is 6.75. The van der Waals surface area contributed by atoms with E-state index in [4.69, 9.17) is 4.74 Å². The highest BCUT2D eigenvalue weighted by atomic mass is 16.5. The predicted octanol–water partition coefficient (Wildman–Crippen LogP) is 2.26. The summed E-state index contributed by atoms with van der Waals surface area (Å²) in [6.07, 6.45) is 3.83. The molecule has 1 aliphatic heterocycles. The lowest BCUT2D eigenvalue weighted by Gasteiger charge is -2.10. The Labute approximate surface area is 82.4 Å². The molecule has 0 saturated carbocycles. The first-order valence-corrected chi connectivity index (χ1v) is 4.59. The molecule has 14 heavy (non-hydrogen) atoms. The van der Waals surface area contributed by atoms with E-state index in [1.807, 2.05) is 18.3 Å². The molecule has 0 bridgehead atoms. The van der Waals surface area contributed by atoms with Crippen molar-refractivity contribution >= 4 is 17.9 Å². The Hall–Kier alpha value is -1.64. The zero-order chi connectivity index (χ0) is 9.97. The van der Waals surface area contributed by atoms with Gasteiger partial charge in [-0.2, -0.15) is 0 Å². The van der Waals surface area contributed by atoms with Crippen LogP contribution >= 0.6 is 0 Å². The second kappa shape index (κ2) is 3.62. The number of aliphatic imine (C=N–C) groups is 1. The Morgan fingerprint density at radius 2 is 2.36 bits per heavy atom. The molecule has 0 amide bonds. The third-order valence-electron chi connectivity index (χ3n) is 2.09. The number of carbonyl (C=O) groups excluding carboxylic acids is 1. The summed E-state index contributed by atoms with van der Waals surface area (Å²) in [6.45, 7) is 1.40. The molecular formula is C11H11NO2. The Morgan fingerprint density at radius 1 is 1.50 bits per heavy atom.